The average Bonchev–Trinajstić information content (AvgIpc) is 2.34. The second-order valence-corrected chi connectivity index (χ2v) is 4.87. The van der Waals surface area contributed by atoms with Gasteiger partial charge < -0.3 is 4.90 Å². The average molecular weight is 320 g/mol. The van der Waals surface area contributed by atoms with E-state index >= 15 is 0 Å². The summed E-state index contributed by atoms with van der Waals surface area (Å²) in [6, 6.07) is 3.43. The lowest BCUT2D eigenvalue weighted by Gasteiger charge is -2.17. The van der Waals surface area contributed by atoms with Crippen molar-refractivity contribution in [2.45, 2.75) is 19.3 Å². The van der Waals surface area contributed by atoms with Crippen LogP contribution < -0.4 is 0 Å². The quantitative estimate of drug-likeness (QED) is 0.579. The zero-order valence-electron chi connectivity index (χ0n) is 10.3. The monoisotopic (exact) mass is 319 g/mol. The summed E-state index contributed by atoms with van der Waals surface area (Å²) in [5, 5.41) is 0.923. The Balaban J connectivity index is 2.63. The number of hydrogen-bond acceptors (Lipinski definition) is 1. The number of carbonyl (C=O) groups excluding carboxylic acids is 1. The maximum atomic E-state index is 13.4. The van der Waals surface area contributed by atoms with Crippen LogP contribution in [-0.2, 0) is 0 Å². The van der Waals surface area contributed by atoms with Gasteiger partial charge in [-0.15, -0.1) is 0 Å². The Kier molecular flexibility index (Phi) is 6.25. The van der Waals surface area contributed by atoms with Crippen molar-refractivity contribution in [1.82, 2.24) is 4.90 Å². The Morgan fingerprint density at radius 2 is 1.83 bits per heavy atom. The SMILES string of the molecule is CN(CCCCCBr)C(=O)c1c(F)cccc1F. The van der Waals surface area contributed by atoms with Crippen LogP contribution in [0.1, 0.15) is 29.6 Å². The molecule has 1 amide bonds. The van der Waals surface area contributed by atoms with Crippen LogP contribution in [0.5, 0.6) is 0 Å². The number of rotatable bonds is 6. The van der Waals surface area contributed by atoms with Crippen LogP contribution in [0.25, 0.3) is 0 Å². The third-order valence-electron chi connectivity index (χ3n) is 2.65. The summed E-state index contributed by atoms with van der Waals surface area (Å²) in [5.41, 5.74) is -0.472. The standard InChI is InChI=1S/C13H16BrF2NO/c1-17(9-4-2-3-8-14)13(18)12-10(15)6-5-7-11(12)16/h5-7H,2-4,8-9H2,1H3. The zero-order valence-corrected chi connectivity index (χ0v) is 11.8. The summed E-state index contributed by atoms with van der Waals surface area (Å²) in [6.45, 7) is 0.500. The summed E-state index contributed by atoms with van der Waals surface area (Å²) in [7, 11) is 1.56. The summed E-state index contributed by atoms with van der Waals surface area (Å²) < 4.78 is 26.8. The molecule has 0 saturated heterocycles. The molecule has 5 heteroatoms. The van der Waals surface area contributed by atoms with E-state index in [9.17, 15) is 13.6 Å². The van der Waals surface area contributed by atoms with E-state index in [4.69, 9.17) is 0 Å². The van der Waals surface area contributed by atoms with Gasteiger partial charge in [-0.25, -0.2) is 8.78 Å². The van der Waals surface area contributed by atoms with Crippen LogP contribution in [0.2, 0.25) is 0 Å². The minimum Gasteiger partial charge on any atom is -0.342 e. The van der Waals surface area contributed by atoms with Gasteiger partial charge in [0.25, 0.3) is 5.91 Å². The first kappa shape index (κ1) is 15.1. The highest BCUT2D eigenvalue weighted by Gasteiger charge is 2.20. The van der Waals surface area contributed by atoms with Gasteiger partial charge in [-0.2, -0.15) is 0 Å². The van der Waals surface area contributed by atoms with Gasteiger partial charge in [0.2, 0.25) is 0 Å². The molecule has 1 rings (SSSR count). The lowest BCUT2D eigenvalue weighted by atomic mass is 10.1. The molecule has 0 aromatic heterocycles. The van der Waals surface area contributed by atoms with E-state index in [-0.39, 0.29) is 0 Å². The molecular formula is C13H16BrF2NO. The van der Waals surface area contributed by atoms with Crippen LogP contribution in [0.15, 0.2) is 18.2 Å². The molecule has 1 aromatic carbocycles. The molecule has 1 aromatic rings. The van der Waals surface area contributed by atoms with E-state index < -0.39 is 23.1 Å². The first-order valence-corrected chi connectivity index (χ1v) is 6.95. The number of halogens is 3. The van der Waals surface area contributed by atoms with Crippen LogP contribution >= 0.6 is 15.9 Å². The number of alkyl halides is 1. The molecule has 0 aliphatic carbocycles. The van der Waals surface area contributed by atoms with Crippen LogP contribution in [0, 0.1) is 11.6 Å². The van der Waals surface area contributed by atoms with Crippen molar-refractivity contribution in [3.63, 3.8) is 0 Å². The molecule has 0 spiro atoms. The van der Waals surface area contributed by atoms with Gasteiger partial charge in [-0.3, -0.25) is 4.79 Å². The predicted octanol–water partition coefficient (Wildman–Crippen LogP) is 3.60. The van der Waals surface area contributed by atoms with E-state index in [2.05, 4.69) is 15.9 Å². The maximum absolute atomic E-state index is 13.4. The Morgan fingerprint density at radius 1 is 1.22 bits per heavy atom. The number of unbranched alkanes of at least 4 members (excludes halogenated alkanes) is 2. The summed E-state index contributed by atoms with van der Waals surface area (Å²) in [4.78, 5) is 13.2. The Labute approximate surface area is 114 Å². The van der Waals surface area contributed by atoms with Gasteiger partial charge in [0.1, 0.15) is 17.2 Å². The molecule has 0 fully saturated rings. The van der Waals surface area contributed by atoms with E-state index in [0.29, 0.717) is 6.54 Å². The van der Waals surface area contributed by atoms with Crippen LogP contribution in [0.4, 0.5) is 8.78 Å². The molecule has 0 bridgehead atoms. The maximum Gasteiger partial charge on any atom is 0.259 e. The molecular weight excluding hydrogens is 304 g/mol. The minimum atomic E-state index is -0.813. The molecule has 18 heavy (non-hydrogen) atoms. The summed E-state index contributed by atoms with van der Waals surface area (Å²) >= 11 is 3.32. The summed E-state index contributed by atoms with van der Waals surface area (Å²) in [6.07, 6.45) is 2.82. The number of benzene rings is 1. The van der Waals surface area contributed by atoms with Gasteiger partial charge in [-0.1, -0.05) is 28.4 Å². The minimum absolute atomic E-state index is 0.472. The lowest BCUT2D eigenvalue weighted by molar-refractivity contribution is 0.0783. The molecule has 0 heterocycles. The second kappa shape index (κ2) is 7.46. The van der Waals surface area contributed by atoms with Crippen LogP contribution in [-0.4, -0.2) is 29.7 Å². The van der Waals surface area contributed by atoms with Crippen molar-refractivity contribution in [3.05, 3.63) is 35.4 Å². The summed E-state index contributed by atoms with van der Waals surface area (Å²) in [5.74, 6) is -2.23. The number of amides is 1. The fraction of sp³-hybridized carbons (Fsp3) is 0.462. The van der Waals surface area contributed by atoms with Crippen molar-refractivity contribution in [3.8, 4) is 0 Å². The van der Waals surface area contributed by atoms with Crippen molar-refractivity contribution < 1.29 is 13.6 Å². The molecule has 0 N–H and O–H groups in total. The number of nitrogens with zero attached hydrogens (tertiary/aromatic N) is 1. The van der Waals surface area contributed by atoms with E-state index in [1.165, 1.54) is 11.0 Å². The normalized spacial score (nSPS) is 10.4. The lowest BCUT2D eigenvalue weighted by Crippen LogP contribution is -2.29. The molecule has 0 aliphatic rings. The predicted molar refractivity (Wildman–Crippen MR) is 71.0 cm³/mol. The van der Waals surface area contributed by atoms with Gasteiger partial charge in [0.05, 0.1) is 0 Å². The van der Waals surface area contributed by atoms with Crippen molar-refractivity contribution >= 4 is 21.8 Å². The largest absolute Gasteiger partial charge is 0.342 e. The molecule has 0 unspecified atom stereocenters. The molecule has 2 nitrogen and oxygen atoms in total. The zero-order chi connectivity index (χ0) is 13.5. The van der Waals surface area contributed by atoms with Gasteiger partial charge in [-0.05, 0) is 25.0 Å². The highest BCUT2D eigenvalue weighted by molar-refractivity contribution is 9.09. The molecule has 0 saturated carbocycles. The van der Waals surface area contributed by atoms with Gasteiger partial charge in [0, 0.05) is 18.9 Å². The van der Waals surface area contributed by atoms with Gasteiger partial charge in [0.15, 0.2) is 0 Å². The van der Waals surface area contributed by atoms with Crippen molar-refractivity contribution in [1.29, 1.82) is 0 Å². The van der Waals surface area contributed by atoms with Crippen molar-refractivity contribution in [2.24, 2.45) is 0 Å². The van der Waals surface area contributed by atoms with E-state index in [1.807, 2.05) is 0 Å². The Hall–Kier alpha value is -0.970. The molecule has 0 radical (unpaired) electrons. The molecule has 100 valence electrons. The van der Waals surface area contributed by atoms with Crippen LogP contribution in [0.3, 0.4) is 0 Å². The third-order valence-corrected chi connectivity index (χ3v) is 3.21. The smallest absolute Gasteiger partial charge is 0.259 e. The first-order chi connectivity index (χ1) is 8.57. The number of hydrogen-bond donors (Lipinski definition) is 0. The van der Waals surface area contributed by atoms with Gasteiger partial charge >= 0.3 is 0 Å². The fourth-order valence-corrected chi connectivity index (χ4v) is 2.01. The second-order valence-electron chi connectivity index (χ2n) is 4.07. The molecule has 0 atom stereocenters. The first-order valence-electron chi connectivity index (χ1n) is 5.83. The highest BCUT2D eigenvalue weighted by atomic mass is 79.9. The Morgan fingerprint density at radius 3 is 2.39 bits per heavy atom. The highest BCUT2D eigenvalue weighted by Crippen LogP contribution is 2.14. The molecule has 0 aliphatic heterocycles. The Bertz CT molecular complexity index is 392. The van der Waals surface area contributed by atoms with E-state index in [1.54, 1.807) is 7.05 Å². The third kappa shape index (κ3) is 4.05. The van der Waals surface area contributed by atoms with E-state index in [0.717, 1.165) is 36.7 Å². The topological polar surface area (TPSA) is 20.3 Å². The number of carbonyl (C=O) groups is 1. The fourth-order valence-electron chi connectivity index (χ4n) is 1.61. The van der Waals surface area contributed by atoms with Crippen molar-refractivity contribution in [2.75, 3.05) is 18.9 Å².